The molecule has 104 valence electrons. The Balaban J connectivity index is 2.40. The Morgan fingerprint density at radius 2 is 2.21 bits per heavy atom. The number of benzene rings is 1. The molecule has 1 aromatic carbocycles. The minimum atomic E-state index is -2.73. The minimum absolute atomic E-state index is 0.0541. The number of nitro benzene ring substituents is 1. The second kappa shape index (κ2) is 4.92. The molecule has 0 atom stereocenters. The molecule has 2 rings (SSSR count). The molecule has 0 aliphatic carbocycles. The van der Waals surface area contributed by atoms with Crippen molar-refractivity contribution in [3.05, 3.63) is 26.7 Å². The maximum Gasteiger partial charge on any atom is 0.312 e. The van der Waals surface area contributed by atoms with E-state index < -0.39 is 17.4 Å². The number of rotatable bonds is 3. The van der Waals surface area contributed by atoms with Gasteiger partial charge in [-0.25, -0.2) is 8.78 Å². The largest absolute Gasteiger partial charge is 0.490 e. The van der Waals surface area contributed by atoms with Crippen LogP contribution in [0.3, 0.4) is 0 Å². The molecule has 0 radical (unpaired) electrons. The molecule has 1 aliphatic rings. The summed E-state index contributed by atoms with van der Waals surface area (Å²) in [5.41, 5.74) is 0.267. The van der Waals surface area contributed by atoms with Crippen molar-refractivity contribution in [1.29, 1.82) is 0 Å². The fourth-order valence-electron chi connectivity index (χ4n) is 2.02. The fourth-order valence-corrected chi connectivity index (χ4v) is 2.60. The summed E-state index contributed by atoms with van der Waals surface area (Å²) in [7, 11) is 1.30. The molecule has 1 fully saturated rings. The Labute approximate surface area is 116 Å². The zero-order valence-corrected chi connectivity index (χ0v) is 11.6. The molecule has 1 saturated heterocycles. The molecule has 1 heterocycles. The summed E-state index contributed by atoms with van der Waals surface area (Å²) in [6.45, 7) is -0.195. The highest BCUT2D eigenvalue weighted by atomic mass is 79.9. The van der Waals surface area contributed by atoms with Crippen LogP contribution < -0.4 is 9.64 Å². The summed E-state index contributed by atoms with van der Waals surface area (Å²) < 4.78 is 31.7. The van der Waals surface area contributed by atoms with E-state index in [1.807, 2.05) is 0 Å². The SMILES string of the molecule is COc1cc(N2CCC(F)(F)C2)c(Br)cc1[N+](=O)[O-]. The molecule has 0 aromatic heterocycles. The van der Waals surface area contributed by atoms with Gasteiger partial charge in [0.25, 0.3) is 5.92 Å². The highest BCUT2D eigenvalue weighted by molar-refractivity contribution is 9.10. The van der Waals surface area contributed by atoms with Crippen molar-refractivity contribution in [1.82, 2.24) is 0 Å². The Morgan fingerprint density at radius 1 is 1.53 bits per heavy atom. The number of anilines is 1. The van der Waals surface area contributed by atoms with Gasteiger partial charge in [-0.05, 0) is 15.9 Å². The average molecular weight is 337 g/mol. The van der Waals surface area contributed by atoms with E-state index in [1.165, 1.54) is 24.1 Å². The van der Waals surface area contributed by atoms with E-state index in [2.05, 4.69) is 15.9 Å². The topological polar surface area (TPSA) is 55.6 Å². The van der Waals surface area contributed by atoms with Crippen molar-refractivity contribution >= 4 is 27.3 Å². The summed E-state index contributed by atoms with van der Waals surface area (Å²) in [6, 6.07) is 2.67. The smallest absolute Gasteiger partial charge is 0.312 e. The van der Waals surface area contributed by atoms with Crippen molar-refractivity contribution in [2.24, 2.45) is 0 Å². The first kappa shape index (κ1) is 14.0. The number of nitrogens with zero attached hydrogens (tertiary/aromatic N) is 2. The van der Waals surface area contributed by atoms with Crippen LogP contribution in [0.1, 0.15) is 6.42 Å². The summed E-state index contributed by atoms with van der Waals surface area (Å²) >= 11 is 3.18. The van der Waals surface area contributed by atoms with Gasteiger partial charge in [0.1, 0.15) is 0 Å². The standard InChI is InChI=1S/C11H11BrF2N2O3/c1-19-10-5-8(7(12)4-9(10)16(17)18)15-3-2-11(13,14)6-15/h4-5H,2-3,6H2,1H3. The molecule has 19 heavy (non-hydrogen) atoms. The highest BCUT2D eigenvalue weighted by Crippen LogP contribution is 2.40. The van der Waals surface area contributed by atoms with Crippen LogP contribution in [0.2, 0.25) is 0 Å². The lowest BCUT2D eigenvalue weighted by Gasteiger charge is -2.20. The van der Waals surface area contributed by atoms with Gasteiger partial charge in [-0.2, -0.15) is 0 Å². The maximum atomic E-state index is 13.2. The maximum absolute atomic E-state index is 13.2. The van der Waals surface area contributed by atoms with Gasteiger partial charge in [-0.1, -0.05) is 0 Å². The molecule has 0 unspecified atom stereocenters. The van der Waals surface area contributed by atoms with Gasteiger partial charge in [0, 0.05) is 29.6 Å². The predicted molar refractivity (Wildman–Crippen MR) is 69.1 cm³/mol. The van der Waals surface area contributed by atoms with Crippen LogP contribution in [0.4, 0.5) is 20.2 Å². The number of alkyl halides is 2. The predicted octanol–water partition coefficient (Wildman–Crippen LogP) is 3.21. The lowest BCUT2D eigenvalue weighted by molar-refractivity contribution is -0.385. The van der Waals surface area contributed by atoms with Crippen molar-refractivity contribution in [3.8, 4) is 5.75 Å². The van der Waals surface area contributed by atoms with Crippen LogP contribution in [-0.4, -0.2) is 31.0 Å². The average Bonchev–Trinajstić information content (AvgIpc) is 2.69. The summed E-state index contributed by atoms with van der Waals surface area (Å²) in [5.74, 6) is -2.67. The first-order valence-electron chi connectivity index (χ1n) is 5.49. The highest BCUT2D eigenvalue weighted by Gasteiger charge is 2.39. The molecule has 5 nitrogen and oxygen atoms in total. The van der Waals surface area contributed by atoms with Crippen molar-refractivity contribution in [2.75, 3.05) is 25.1 Å². The number of methoxy groups -OCH3 is 1. The monoisotopic (exact) mass is 336 g/mol. The molecular formula is C11H11BrF2N2O3. The molecule has 8 heteroatoms. The second-order valence-corrected chi connectivity index (χ2v) is 5.11. The molecule has 1 aromatic rings. The Morgan fingerprint density at radius 3 is 2.68 bits per heavy atom. The Kier molecular flexibility index (Phi) is 3.62. The summed E-state index contributed by atoms with van der Waals surface area (Å²) in [4.78, 5) is 11.7. The van der Waals surface area contributed by atoms with Gasteiger partial charge >= 0.3 is 5.69 Å². The van der Waals surface area contributed by atoms with E-state index >= 15 is 0 Å². The number of halogens is 3. The van der Waals surface area contributed by atoms with Crippen molar-refractivity contribution in [3.63, 3.8) is 0 Å². The molecule has 0 saturated carbocycles. The summed E-state index contributed by atoms with van der Waals surface area (Å²) in [6.07, 6.45) is -0.223. The zero-order chi connectivity index (χ0) is 14.2. The number of nitro groups is 1. The van der Waals surface area contributed by atoms with Gasteiger partial charge in [-0.3, -0.25) is 10.1 Å². The third kappa shape index (κ3) is 2.78. The van der Waals surface area contributed by atoms with E-state index in [0.717, 1.165) is 0 Å². The quantitative estimate of drug-likeness (QED) is 0.628. The Hall–Kier alpha value is -1.44. The van der Waals surface area contributed by atoms with E-state index in [4.69, 9.17) is 4.74 Å². The normalized spacial score (nSPS) is 17.6. The lowest BCUT2D eigenvalue weighted by Crippen LogP contribution is -2.25. The lowest BCUT2D eigenvalue weighted by atomic mass is 10.2. The molecule has 0 bridgehead atoms. The second-order valence-electron chi connectivity index (χ2n) is 4.26. The molecule has 0 amide bonds. The van der Waals surface area contributed by atoms with E-state index in [0.29, 0.717) is 10.2 Å². The summed E-state index contributed by atoms with van der Waals surface area (Å²) in [5, 5.41) is 10.8. The first-order chi connectivity index (χ1) is 8.84. The van der Waals surface area contributed by atoms with Gasteiger partial charge in [-0.15, -0.1) is 0 Å². The Bertz CT molecular complexity index is 525. The molecule has 0 spiro atoms. The van der Waals surface area contributed by atoms with Crippen molar-refractivity contribution in [2.45, 2.75) is 12.3 Å². The number of hydrogen-bond donors (Lipinski definition) is 0. The van der Waals surface area contributed by atoms with Crippen LogP contribution in [0, 0.1) is 10.1 Å². The van der Waals surface area contributed by atoms with E-state index in [-0.39, 0.29) is 24.4 Å². The van der Waals surface area contributed by atoms with Gasteiger partial charge in [0.2, 0.25) is 0 Å². The molecule has 1 aliphatic heterocycles. The third-order valence-electron chi connectivity index (χ3n) is 2.96. The number of ether oxygens (including phenoxy) is 1. The minimum Gasteiger partial charge on any atom is -0.490 e. The fraction of sp³-hybridized carbons (Fsp3) is 0.455. The van der Waals surface area contributed by atoms with E-state index in [9.17, 15) is 18.9 Å². The first-order valence-corrected chi connectivity index (χ1v) is 6.28. The number of hydrogen-bond acceptors (Lipinski definition) is 4. The van der Waals surface area contributed by atoms with Gasteiger partial charge in [0.05, 0.1) is 24.3 Å². The van der Waals surface area contributed by atoms with Gasteiger partial charge in [0.15, 0.2) is 5.75 Å². The van der Waals surface area contributed by atoms with E-state index in [1.54, 1.807) is 0 Å². The van der Waals surface area contributed by atoms with Crippen LogP contribution >= 0.6 is 15.9 Å². The zero-order valence-electron chi connectivity index (χ0n) is 10.0. The van der Waals surface area contributed by atoms with Gasteiger partial charge < -0.3 is 9.64 Å². The molecule has 0 N–H and O–H groups in total. The van der Waals surface area contributed by atoms with Crippen LogP contribution in [0.5, 0.6) is 5.75 Å². The van der Waals surface area contributed by atoms with Crippen LogP contribution in [0.25, 0.3) is 0 Å². The van der Waals surface area contributed by atoms with Crippen LogP contribution in [-0.2, 0) is 0 Å². The molecular weight excluding hydrogens is 326 g/mol. The van der Waals surface area contributed by atoms with Crippen molar-refractivity contribution < 1.29 is 18.4 Å². The third-order valence-corrected chi connectivity index (χ3v) is 3.59. The van der Waals surface area contributed by atoms with Crippen LogP contribution in [0.15, 0.2) is 16.6 Å².